The Hall–Kier alpha value is -1.16. The van der Waals surface area contributed by atoms with Crippen LogP contribution in [0.5, 0.6) is 0 Å². The van der Waals surface area contributed by atoms with Gasteiger partial charge < -0.3 is 4.74 Å². The lowest BCUT2D eigenvalue weighted by Crippen LogP contribution is -2.36. The van der Waals surface area contributed by atoms with Crippen LogP contribution in [0.4, 0.5) is 0 Å². The van der Waals surface area contributed by atoms with E-state index in [0.29, 0.717) is 13.0 Å². The molecule has 0 aliphatic carbocycles. The molecule has 0 aromatic carbocycles. The van der Waals surface area contributed by atoms with Gasteiger partial charge in [-0.05, 0) is 32.2 Å². The minimum absolute atomic E-state index is 0.103. The van der Waals surface area contributed by atoms with E-state index in [1.807, 2.05) is 17.5 Å². The maximum atomic E-state index is 12.0. The second-order valence-corrected chi connectivity index (χ2v) is 5.06. The topological polar surface area (TPSA) is 43.4 Å². The fraction of sp³-hybridized carbons (Fsp3) is 0.500. The molecule has 0 aliphatic rings. The van der Waals surface area contributed by atoms with Crippen LogP contribution in [-0.4, -0.2) is 18.4 Å². The molecule has 0 radical (unpaired) electrons. The minimum atomic E-state index is -1.06. The van der Waals surface area contributed by atoms with Gasteiger partial charge in [0.1, 0.15) is 5.41 Å². The third-order valence-corrected chi connectivity index (χ3v) is 3.27. The Morgan fingerprint density at radius 3 is 2.62 bits per heavy atom. The standard InChI is InChI=1S/C12H16O3S/c1-4-15-11(14)12(2,3)10(13)8-9-6-5-7-16-9/h5-7H,4,8H2,1-3H3. The van der Waals surface area contributed by atoms with Crippen molar-refractivity contribution in [3.05, 3.63) is 22.4 Å². The highest BCUT2D eigenvalue weighted by atomic mass is 32.1. The van der Waals surface area contributed by atoms with Crippen molar-refractivity contribution in [2.45, 2.75) is 27.2 Å². The Morgan fingerprint density at radius 1 is 1.44 bits per heavy atom. The van der Waals surface area contributed by atoms with Crippen LogP contribution < -0.4 is 0 Å². The number of carbonyl (C=O) groups excluding carboxylic acids is 2. The number of thiophene rings is 1. The number of hydrogen-bond acceptors (Lipinski definition) is 4. The summed E-state index contributed by atoms with van der Waals surface area (Å²) in [5.41, 5.74) is -1.06. The zero-order valence-corrected chi connectivity index (χ0v) is 10.6. The average Bonchev–Trinajstić information content (AvgIpc) is 2.70. The molecule has 1 aromatic rings. The highest BCUT2D eigenvalue weighted by Gasteiger charge is 2.36. The van der Waals surface area contributed by atoms with Crippen molar-refractivity contribution in [1.29, 1.82) is 0 Å². The number of ether oxygens (including phenoxy) is 1. The summed E-state index contributed by atoms with van der Waals surface area (Å²) in [5.74, 6) is -0.551. The van der Waals surface area contributed by atoms with Crippen LogP contribution in [-0.2, 0) is 20.7 Å². The van der Waals surface area contributed by atoms with Crippen LogP contribution in [0.15, 0.2) is 17.5 Å². The normalized spacial score (nSPS) is 11.2. The number of ketones is 1. The lowest BCUT2D eigenvalue weighted by Gasteiger charge is -2.20. The second kappa shape index (κ2) is 5.25. The largest absolute Gasteiger partial charge is 0.465 e. The van der Waals surface area contributed by atoms with Crippen molar-refractivity contribution in [2.24, 2.45) is 5.41 Å². The summed E-state index contributed by atoms with van der Waals surface area (Å²) in [5, 5.41) is 1.92. The summed E-state index contributed by atoms with van der Waals surface area (Å²) in [6.07, 6.45) is 0.295. The Labute approximate surface area is 99.4 Å². The Kier molecular flexibility index (Phi) is 4.24. The Morgan fingerprint density at radius 2 is 2.12 bits per heavy atom. The molecule has 0 fully saturated rings. The highest BCUT2D eigenvalue weighted by molar-refractivity contribution is 7.10. The smallest absolute Gasteiger partial charge is 0.319 e. The van der Waals surface area contributed by atoms with Gasteiger partial charge in [-0.1, -0.05) is 6.07 Å². The van der Waals surface area contributed by atoms with E-state index in [1.54, 1.807) is 20.8 Å². The van der Waals surface area contributed by atoms with Gasteiger partial charge in [0, 0.05) is 11.3 Å². The predicted octanol–water partition coefficient (Wildman–Crippen LogP) is 2.45. The van der Waals surface area contributed by atoms with Crippen molar-refractivity contribution in [2.75, 3.05) is 6.61 Å². The molecule has 0 saturated carbocycles. The third kappa shape index (κ3) is 2.92. The number of rotatable bonds is 5. The molecular formula is C12H16O3S. The van der Waals surface area contributed by atoms with Crippen LogP contribution in [0.25, 0.3) is 0 Å². The zero-order valence-electron chi connectivity index (χ0n) is 9.78. The maximum absolute atomic E-state index is 12.0. The summed E-state index contributed by atoms with van der Waals surface area (Å²) in [4.78, 5) is 24.5. The van der Waals surface area contributed by atoms with Crippen molar-refractivity contribution in [3.8, 4) is 0 Å². The SMILES string of the molecule is CCOC(=O)C(C)(C)C(=O)Cc1cccs1. The van der Waals surface area contributed by atoms with Crippen LogP contribution in [0.3, 0.4) is 0 Å². The lowest BCUT2D eigenvalue weighted by molar-refractivity contribution is -0.157. The number of hydrogen-bond donors (Lipinski definition) is 0. The molecular weight excluding hydrogens is 224 g/mol. The first-order valence-electron chi connectivity index (χ1n) is 5.21. The van der Waals surface area contributed by atoms with Gasteiger partial charge in [-0.15, -0.1) is 11.3 Å². The number of Topliss-reactive ketones (excluding diaryl/α,β-unsaturated/α-hetero) is 1. The van der Waals surface area contributed by atoms with Gasteiger partial charge in [-0.25, -0.2) is 0 Å². The maximum Gasteiger partial charge on any atom is 0.319 e. The van der Waals surface area contributed by atoms with Gasteiger partial charge in [0.15, 0.2) is 5.78 Å². The first-order valence-corrected chi connectivity index (χ1v) is 6.09. The summed E-state index contributed by atoms with van der Waals surface area (Å²) < 4.78 is 4.89. The number of carbonyl (C=O) groups is 2. The van der Waals surface area contributed by atoms with Crippen molar-refractivity contribution in [3.63, 3.8) is 0 Å². The van der Waals surface area contributed by atoms with Crippen LogP contribution >= 0.6 is 11.3 Å². The average molecular weight is 240 g/mol. The van der Waals surface area contributed by atoms with Crippen LogP contribution in [0, 0.1) is 5.41 Å². The summed E-state index contributed by atoms with van der Waals surface area (Å²) in [7, 11) is 0. The van der Waals surface area contributed by atoms with Gasteiger partial charge in [0.05, 0.1) is 6.61 Å². The molecule has 16 heavy (non-hydrogen) atoms. The van der Waals surface area contributed by atoms with E-state index in [1.165, 1.54) is 11.3 Å². The third-order valence-electron chi connectivity index (χ3n) is 2.40. The summed E-state index contributed by atoms with van der Waals surface area (Å²) in [6, 6.07) is 3.79. The molecule has 3 nitrogen and oxygen atoms in total. The molecule has 0 amide bonds. The molecule has 4 heteroatoms. The quantitative estimate of drug-likeness (QED) is 0.586. The second-order valence-electron chi connectivity index (χ2n) is 4.02. The molecule has 0 N–H and O–H groups in total. The zero-order chi connectivity index (χ0) is 12.2. The fourth-order valence-corrected chi connectivity index (χ4v) is 1.92. The molecule has 1 heterocycles. The molecule has 1 rings (SSSR count). The molecule has 0 spiro atoms. The number of esters is 1. The van der Waals surface area contributed by atoms with Crippen LogP contribution in [0.1, 0.15) is 25.6 Å². The predicted molar refractivity (Wildman–Crippen MR) is 63.4 cm³/mol. The molecule has 88 valence electrons. The lowest BCUT2D eigenvalue weighted by atomic mass is 9.86. The van der Waals surface area contributed by atoms with Gasteiger partial charge in [-0.3, -0.25) is 9.59 Å². The van der Waals surface area contributed by atoms with Crippen molar-refractivity contribution in [1.82, 2.24) is 0 Å². The molecule has 1 aromatic heterocycles. The van der Waals surface area contributed by atoms with E-state index in [-0.39, 0.29) is 5.78 Å². The van der Waals surface area contributed by atoms with Gasteiger partial charge in [-0.2, -0.15) is 0 Å². The molecule has 0 saturated heterocycles. The van der Waals surface area contributed by atoms with Gasteiger partial charge >= 0.3 is 5.97 Å². The fourth-order valence-electron chi connectivity index (χ4n) is 1.22. The molecule has 0 aliphatic heterocycles. The summed E-state index contributed by atoms with van der Waals surface area (Å²) in [6.45, 7) is 5.26. The first kappa shape index (κ1) is 12.9. The van der Waals surface area contributed by atoms with E-state index in [0.717, 1.165) is 4.88 Å². The monoisotopic (exact) mass is 240 g/mol. The summed E-state index contributed by atoms with van der Waals surface area (Å²) >= 11 is 1.52. The van der Waals surface area contributed by atoms with E-state index >= 15 is 0 Å². The molecule has 0 atom stereocenters. The minimum Gasteiger partial charge on any atom is -0.465 e. The first-order chi connectivity index (χ1) is 7.48. The Balaban J connectivity index is 2.68. The van der Waals surface area contributed by atoms with Gasteiger partial charge in [0.2, 0.25) is 0 Å². The van der Waals surface area contributed by atoms with Gasteiger partial charge in [0.25, 0.3) is 0 Å². The Bertz CT molecular complexity index is 366. The van der Waals surface area contributed by atoms with Crippen molar-refractivity contribution < 1.29 is 14.3 Å². The van der Waals surface area contributed by atoms with E-state index < -0.39 is 11.4 Å². The van der Waals surface area contributed by atoms with E-state index in [2.05, 4.69) is 0 Å². The highest BCUT2D eigenvalue weighted by Crippen LogP contribution is 2.22. The molecule has 0 unspecified atom stereocenters. The van der Waals surface area contributed by atoms with Crippen LogP contribution in [0.2, 0.25) is 0 Å². The van der Waals surface area contributed by atoms with E-state index in [9.17, 15) is 9.59 Å². The van der Waals surface area contributed by atoms with E-state index in [4.69, 9.17) is 4.74 Å². The van der Waals surface area contributed by atoms with Crippen molar-refractivity contribution >= 4 is 23.1 Å². The molecule has 0 bridgehead atoms.